The van der Waals surface area contributed by atoms with Crippen LogP contribution in [0.5, 0.6) is 11.5 Å². The van der Waals surface area contributed by atoms with Crippen molar-refractivity contribution in [2.75, 3.05) is 32.6 Å². The Morgan fingerprint density at radius 3 is 2.52 bits per heavy atom. The Morgan fingerprint density at radius 2 is 1.96 bits per heavy atom. The lowest BCUT2D eigenvalue weighted by Gasteiger charge is -2.44. The number of anilines is 1. The number of carbonyl (C=O) groups excluding carboxylic acids is 1. The molecule has 1 aliphatic rings. The van der Waals surface area contributed by atoms with E-state index in [-0.39, 0.29) is 35.8 Å². The van der Waals surface area contributed by atoms with Gasteiger partial charge in [-0.15, -0.1) is 12.4 Å². The average molecular weight is 372 g/mol. The summed E-state index contributed by atoms with van der Waals surface area (Å²) < 4.78 is 10.5. The molecule has 1 aliphatic heterocycles. The van der Waals surface area contributed by atoms with Gasteiger partial charge in [0.05, 0.1) is 20.3 Å². The number of hydrogen-bond donors (Lipinski definition) is 2. The zero-order valence-corrected chi connectivity index (χ0v) is 16.5. The molecule has 0 aromatic heterocycles. The average Bonchev–Trinajstić information content (AvgIpc) is 2.56. The van der Waals surface area contributed by atoms with Crippen LogP contribution in [0.25, 0.3) is 0 Å². The fourth-order valence-corrected chi connectivity index (χ4v) is 3.07. The molecule has 6 nitrogen and oxygen atoms in total. The van der Waals surface area contributed by atoms with Gasteiger partial charge in [-0.1, -0.05) is 13.8 Å². The second-order valence-corrected chi connectivity index (χ2v) is 7.09. The topological polar surface area (TPSA) is 76.8 Å². The summed E-state index contributed by atoms with van der Waals surface area (Å²) in [5, 5.41) is 2.96. The summed E-state index contributed by atoms with van der Waals surface area (Å²) in [6, 6.07) is 5.31. The van der Waals surface area contributed by atoms with Gasteiger partial charge in [0.25, 0.3) is 0 Å². The third-order valence-corrected chi connectivity index (χ3v) is 4.92. The van der Waals surface area contributed by atoms with Crippen LogP contribution in [0.2, 0.25) is 0 Å². The quantitative estimate of drug-likeness (QED) is 0.831. The summed E-state index contributed by atoms with van der Waals surface area (Å²) in [7, 11) is 3.16. The first-order valence-electron chi connectivity index (χ1n) is 8.31. The number of benzene rings is 1. The van der Waals surface area contributed by atoms with Crippen LogP contribution in [-0.4, -0.2) is 50.2 Å². The van der Waals surface area contributed by atoms with Gasteiger partial charge in [-0.3, -0.25) is 9.69 Å². The molecule has 2 unspecified atom stereocenters. The lowest BCUT2D eigenvalue weighted by atomic mass is 9.79. The van der Waals surface area contributed by atoms with Crippen molar-refractivity contribution in [2.45, 2.75) is 39.3 Å². The molecule has 1 aromatic carbocycles. The molecule has 7 heteroatoms. The van der Waals surface area contributed by atoms with E-state index in [0.717, 1.165) is 19.5 Å². The molecular formula is C18H30ClN3O3. The monoisotopic (exact) mass is 371 g/mol. The van der Waals surface area contributed by atoms with E-state index in [1.54, 1.807) is 26.4 Å². The summed E-state index contributed by atoms with van der Waals surface area (Å²) in [6.45, 7) is 7.90. The first-order chi connectivity index (χ1) is 11.3. The maximum atomic E-state index is 12.6. The van der Waals surface area contributed by atoms with Crippen LogP contribution < -0.4 is 20.5 Å². The number of hydrogen-bond acceptors (Lipinski definition) is 5. The third-order valence-electron chi connectivity index (χ3n) is 4.92. The molecule has 1 heterocycles. The van der Waals surface area contributed by atoms with E-state index >= 15 is 0 Å². The summed E-state index contributed by atoms with van der Waals surface area (Å²) in [5.41, 5.74) is 6.88. The van der Waals surface area contributed by atoms with Crippen molar-refractivity contribution < 1.29 is 14.3 Å². The van der Waals surface area contributed by atoms with Crippen LogP contribution in [0.4, 0.5) is 5.69 Å². The van der Waals surface area contributed by atoms with Crippen molar-refractivity contribution in [2.24, 2.45) is 11.1 Å². The molecule has 1 saturated heterocycles. The molecule has 142 valence electrons. The number of methoxy groups -OCH3 is 2. The van der Waals surface area contributed by atoms with E-state index in [9.17, 15) is 4.79 Å². The lowest BCUT2D eigenvalue weighted by molar-refractivity contribution is -0.122. The predicted molar refractivity (Wildman–Crippen MR) is 103 cm³/mol. The Kier molecular flexibility index (Phi) is 7.53. The number of piperidine rings is 1. The summed E-state index contributed by atoms with van der Waals surface area (Å²) >= 11 is 0. The van der Waals surface area contributed by atoms with Crippen molar-refractivity contribution in [3.8, 4) is 11.5 Å². The van der Waals surface area contributed by atoms with Crippen molar-refractivity contribution >= 4 is 24.0 Å². The molecule has 0 aliphatic carbocycles. The molecule has 0 bridgehead atoms. The Morgan fingerprint density at radius 1 is 1.32 bits per heavy atom. The first-order valence-corrected chi connectivity index (χ1v) is 8.31. The van der Waals surface area contributed by atoms with Crippen LogP contribution in [-0.2, 0) is 4.79 Å². The van der Waals surface area contributed by atoms with Gasteiger partial charge in [-0.25, -0.2) is 0 Å². The summed E-state index contributed by atoms with van der Waals surface area (Å²) in [5.74, 6) is 1.19. The van der Waals surface area contributed by atoms with Crippen molar-refractivity contribution in [3.63, 3.8) is 0 Å². The molecule has 25 heavy (non-hydrogen) atoms. The van der Waals surface area contributed by atoms with Crippen LogP contribution in [0.15, 0.2) is 18.2 Å². The Balaban J connectivity index is 0.00000312. The molecule has 2 rings (SSSR count). The van der Waals surface area contributed by atoms with E-state index in [2.05, 4.69) is 24.1 Å². The van der Waals surface area contributed by atoms with Crippen molar-refractivity contribution in [3.05, 3.63) is 18.2 Å². The molecule has 2 atom stereocenters. The van der Waals surface area contributed by atoms with Gasteiger partial charge in [-0.05, 0) is 30.9 Å². The number of halogens is 1. The number of nitrogens with zero attached hydrogens (tertiary/aromatic N) is 1. The zero-order valence-electron chi connectivity index (χ0n) is 15.7. The second-order valence-electron chi connectivity index (χ2n) is 7.09. The number of likely N-dealkylation sites (tertiary alicyclic amines) is 1. The minimum Gasteiger partial charge on any atom is -0.493 e. The largest absolute Gasteiger partial charge is 0.493 e. The van der Waals surface area contributed by atoms with E-state index in [4.69, 9.17) is 15.2 Å². The molecule has 1 amide bonds. The van der Waals surface area contributed by atoms with E-state index in [0.29, 0.717) is 17.2 Å². The van der Waals surface area contributed by atoms with Gasteiger partial charge in [0, 0.05) is 30.9 Å². The normalized spacial score (nSPS) is 21.0. The van der Waals surface area contributed by atoms with Gasteiger partial charge in [0.2, 0.25) is 5.91 Å². The van der Waals surface area contributed by atoms with E-state index in [1.807, 2.05) is 13.0 Å². The molecule has 0 spiro atoms. The highest BCUT2D eigenvalue weighted by Crippen LogP contribution is 2.31. The van der Waals surface area contributed by atoms with Gasteiger partial charge in [0.15, 0.2) is 11.5 Å². The number of ether oxygens (including phenoxy) is 2. The Labute approximate surface area is 156 Å². The first kappa shape index (κ1) is 21.5. The fourth-order valence-electron chi connectivity index (χ4n) is 3.07. The van der Waals surface area contributed by atoms with E-state index in [1.165, 1.54) is 0 Å². The van der Waals surface area contributed by atoms with Gasteiger partial charge < -0.3 is 20.5 Å². The smallest absolute Gasteiger partial charge is 0.241 e. The molecule has 0 radical (unpaired) electrons. The van der Waals surface area contributed by atoms with Crippen LogP contribution in [0, 0.1) is 5.41 Å². The Bertz CT molecular complexity index is 595. The molecule has 1 fully saturated rings. The summed E-state index contributed by atoms with van der Waals surface area (Å²) in [4.78, 5) is 14.8. The van der Waals surface area contributed by atoms with Crippen LogP contribution in [0.1, 0.15) is 27.2 Å². The lowest BCUT2D eigenvalue weighted by Crippen LogP contribution is -2.56. The maximum absolute atomic E-state index is 12.6. The Hall–Kier alpha value is -1.50. The third kappa shape index (κ3) is 5.00. The SMILES string of the molecule is COc1ccc(NC(=O)C(C)N2CCC(N)C(C)(C)C2)cc1OC.Cl. The minimum atomic E-state index is -0.218. The number of amides is 1. The number of nitrogens with one attached hydrogen (secondary N) is 1. The highest BCUT2D eigenvalue weighted by molar-refractivity contribution is 5.94. The van der Waals surface area contributed by atoms with Crippen LogP contribution in [0.3, 0.4) is 0 Å². The molecular weight excluding hydrogens is 342 g/mol. The van der Waals surface area contributed by atoms with Crippen LogP contribution >= 0.6 is 12.4 Å². The van der Waals surface area contributed by atoms with Crippen molar-refractivity contribution in [1.82, 2.24) is 4.90 Å². The predicted octanol–water partition coefficient (Wildman–Crippen LogP) is 2.51. The number of rotatable bonds is 5. The summed E-state index contributed by atoms with van der Waals surface area (Å²) in [6.07, 6.45) is 0.904. The molecule has 0 saturated carbocycles. The minimum absolute atomic E-state index is 0. The number of carbonyl (C=O) groups is 1. The second kappa shape index (κ2) is 8.74. The van der Waals surface area contributed by atoms with Gasteiger partial charge >= 0.3 is 0 Å². The highest BCUT2D eigenvalue weighted by Gasteiger charge is 2.36. The maximum Gasteiger partial charge on any atom is 0.241 e. The molecule has 1 aromatic rings. The van der Waals surface area contributed by atoms with Crippen molar-refractivity contribution in [1.29, 1.82) is 0 Å². The molecule has 3 N–H and O–H groups in total. The highest BCUT2D eigenvalue weighted by atomic mass is 35.5. The zero-order chi connectivity index (χ0) is 17.9. The van der Waals surface area contributed by atoms with Gasteiger partial charge in [0.1, 0.15) is 0 Å². The van der Waals surface area contributed by atoms with Gasteiger partial charge in [-0.2, -0.15) is 0 Å². The number of nitrogens with two attached hydrogens (primary N) is 1. The fraction of sp³-hybridized carbons (Fsp3) is 0.611. The standard InChI is InChI=1S/C18H29N3O3.ClH/c1-12(21-9-8-16(19)18(2,3)11-21)17(22)20-13-6-7-14(23-4)15(10-13)24-5;/h6-7,10,12,16H,8-9,11,19H2,1-5H3,(H,20,22);1H. The van der Waals surface area contributed by atoms with E-state index < -0.39 is 0 Å².